The van der Waals surface area contributed by atoms with Crippen LogP contribution in [0.25, 0.3) is 0 Å². The van der Waals surface area contributed by atoms with Gasteiger partial charge in [-0.15, -0.1) is 23.6 Å². The van der Waals surface area contributed by atoms with Crippen molar-refractivity contribution in [3.63, 3.8) is 0 Å². The number of benzene rings is 1. The number of rotatable bonds is 22. The fraction of sp³-hybridized carbons (Fsp3) is 0.652. The van der Waals surface area contributed by atoms with Gasteiger partial charge in [-0.05, 0) is 69.6 Å². The van der Waals surface area contributed by atoms with Crippen molar-refractivity contribution in [3.05, 3.63) is 41.5 Å². The monoisotopic (exact) mass is 834 g/mol. The molecule has 12 nitrogen and oxygen atoms in total. The van der Waals surface area contributed by atoms with Gasteiger partial charge in [0.15, 0.2) is 0 Å². The molecule has 1 aromatic carbocycles. The molecule has 2 aliphatic heterocycles. The van der Waals surface area contributed by atoms with Crippen LogP contribution < -0.4 is 10.1 Å². The average molecular weight is 835 g/mol. The van der Waals surface area contributed by atoms with E-state index in [2.05, 4.69) is 17.2 Å². The smallest absolute Gasteiger partial charge is 0.310 e. The number of likely N-dealkylation sites (tertiary alicyclic amines) is 1. The number of esters is 1. The standard InChI is InChI=1S/C46H62N2O10S/c1-4-5-14-29(2)36(50)22-21-34-37(27-38-42(34)35-19-12-15-31(43(35)57-38)16-13-20-41(52)53)58-46(56)33-18-9-8-17-32(33)44(54)47-24-10-6-7-11-26-59-39-28-40(51)48(45(39)55)25-23-30(3)49/h12,15,19,21-22,29,32-34,36-39,42,50H,6-11,13-14,16-18,20,23-28H2,1-3H3,(H,47,54)(H,52,53)/b22-21+/t29-,32+,33-,34-,36+,37+,38-,39?,42-/m0/s1. The molecule has 1 unspecified atom stereocenters. The zero-order valence-corrected chi connectivity index (χ0v) is 35.6. The minimum Gasteiger partial charge on any atom is -0.489 e. The van der Waals surface area contributed by atoms with Crippen LogP contribution in [0.5, 0.6) is 5.75 Å². The summed E-state index contributed by atoms with van der Waals surface area (Å²) < 4.78 is 12.9. The highest BCUT2D eigenvalue weighted by molar-refractivity contribution is 8.00. The van der Waals surface area contributed by atoms with Gasteiger partial charge in [-0.2, -0.15) is 0 Å². The molecule has 2 saturated carbocycles. The number of carbonyl (C=O) groups excluding carboxylic acids is 5. The number of Topliss-reactive ketones (excluding diaryl/α,β-unsaturated/α-hetero) is 1. The summed E-state index contributed by atoms with van der Waals surface area (Å²) in [4.78, 5) is 76.0. The van der Waals surface area contributed by atoms with Crippen molar-refractivity contribution in [2.75, 3.05) is 18.8 Å². The highest BCUT2D eigenvalue weighted by Crippen LogP contribution is 2.53. The van der Waals surface area contributed by atoms with Crippen LogP contribution in [0, 0.1) is 35.5 Å². The number of carboxylic acids is 1. The van der Waals surface area contributed by atoms with Gasteiger partial charge < -0.3 is 25.0 Å². The maximum atomic E-state index is 14.0. The molecule has 0 aromatic heterocycles. The Kier molecular flexibility index (Phi) is 17.5. The second-order valence-electron chi connectivity index (χ2n) is 16.6. The van der Waals surface area contributed by atoms with Crippen LogP contribution in [0.4, 0.5) is 0 Å². The predicted octanol–water partition coefficient (Wildman–Crippen LogP) is 6.16. The Labute approximate surface area is 353 Å². The molecule has 322 valence electrons. The Balaban J connectivity index is 1.13. The molecule has 1 saturated heterocycles. The predicted molar refractivity (Wildman–Crippen MR) is 224 cm³/mol. The van der Waals surface area contributed by atoms with Gasteiger partial charge in [0.2, 0.25) is 17.7 Å². The van der Waals surface area contributed by atoms with E-state index in [4.69, 9.17) is 9.47 Å². The largest absolute Gasteiger partial charge is 0.489 e. The van der Waals surface area contributed by atoms with E-state index in [-0.39, 0.29) is 84.4 Å². The molecule has 13 heteroatoms. The number of ether oxygens (including phenoxy) is 2. The third kappa shape index (κ3) is 12.4. The molecule has 4 aliphatic rings. The molecule has 2 heterocycles. The lowest BCUT2D eigenvalue weighted by Gasteiger charge is -2.31. The van der Waals surface area contributed by atoms with Crippen LogP contribution in [0.2, 0.25) is 0 Å². The summed E-state index contributed by atoms with van der Waals surface area (Å²) >= 11 is 1.50. The number of amides is 3. The fourth-order valence-corrected chi connectivity index (χ4v) is 10.1. The zero-order valence-electron chi connectivity index (χ0n) is 34.8. The number of aliphatic hydroxyl groups excluding tert-OH is 1. The van der Waals surface area contributed by atoms with Gasteiger partial charge in [0, 0.05) is 62.6 Å². The van der Waals surface area contributed by atoms with Gasteiger partial charge in [0.1, 0.15) is 23.7 Å². The first-order valence-electron chi connectivity index (χ1n) is 21.6. The van der Waals surface area contributed by atoms with Crippen molar-refractivity contribution in [1.29, 1.82) is 0 Å². The Morgan fingerprint density at radius 2 is 1.83 bits per heavy atom. The number of aryl methyl sites for hydroxylation is 1. The van der Waals surface area contributed by atoms with E-state index in [0.29, 0.717) is 45.1 Å². The number of aliphatic carboxylic acids is 1. The van der Waals surface area contributed by atoms with Crippen molar-refractivity contribution < 1.29 is 48.5 Å². The van der Waals surface area contributed by atoms with Gasteiger partial charge in [0.05, 0.1) is 23.2 Å². The number of imide groups is 1. The number of thioether (sulfide) groups is 1. The Morgan fingerprint density at radius 3 is 2.58 bits per heavy atom. The summed E-state index contributed by atoms with van der Waals surface area (Å²) in [6, 6.07) is 5.96. The fourth-order valence-electron chi connectivity index (χ4n) is 8.92. The SMILES string of the molecule is CC#CC[C@H](C)[C@H](O)/C=C/[C@@H]1[C@H]2c3cccc(CCCC(=O)O)c3O[C@H]2C[C@H]1OC(=O)[C@H]1CCCC[C@H]1C(=O)NCCCCCCSC1CC(=O)N(CCC(C)=O)C1=O. The number of carboxylic acid groups (broad SMARTS) is 1. The number of nitrogens with one attached hydrogen (secondary N) is 1. The minimum absolute atomic E-state index is 0.0488. The minimum atomic E-state index is -0.837. The molecule has 0 radical (unpaired) electrons. The van der Waals surface area contributed by atoms with Crippen molar-refractivity contribution in [2.45, 2.75) is 147 Å². The highest BCUT2D eigenvalue weighted by atomic mass is 32.2. The van der Waals surface area contributed by atoms with Gasteiger partial charge in [-0.25, -0.2) is 0 Å². The summed E-state index contributed by atoms with van der Waals surface area (Å²) in [5.74, 6) is 4.14. The van der Waals surface area contributed by atoms with Crippen molar-refractivity contribution in [2.24, 2.45) is 23.7 Å². The number of carbonyl (C=O) groups is 6. The lowest BCUT2D eigenvalue weighted by molar-refractivity contribution is -0.161. The first-order valence-corrected chi connectivity index (χ1v) is 22.6. The number of ketones is 1. The van der Waals surface area contributed by atoms with Gasteiger partial charge in [0.25, 0.3) is 0 Å². The molecule has 5 rings (SSSR count). The van der Waals surface area contributed by atoms with Crippen LogP contribution in [-0.4, -0.2) is 93.0 Å². The molecular weight excluding hydrogens is 773 g/mol. The van der Waals surface area contributed by atoms with E-state index in [0.717, 1.165) is 61.2 Å². The number of nitrogens with zero attached hydrogens (tertiary/aromatic N) is 1. The molecule has 3 amide bonds. The first kappa shape index (κ1) is 45.9. The second kappa shape index (κ2) is 22.5. The van der Waals surface area contributed by atoms with E-state index >= 15 is 0 Å². The Hall–Kier alpha value is -4.15. The lowest BCUT2D eigenvalue weighted by Crippen LogP contribution is -2.41. The lowest BCUT2D eigenvalue weighted by atomic mass is 9.78. The number of hydrogen-bond acceptors (Lipinski definition) is 10. The number of aliphatic hydroxyl groups is 1. The molecule has 0 bridgehead atoms. The third-order valence-electron chi connectivity index (χ3n) is 12.3. The molecule has 9 atom stereocenters. The van der Waals surface area contributed by atoms with Gasteiger partial charge >= 0.3 is 11.9 Å². The number of unbranched alkanes of at least 4 members (excludes halogenated alkanes) is 3. The molecule has 2 aliphatic carbocycles. The van der Waals surface area contributed by atoms with Crippen LogP contribution in [0.15, 0.2) is 30.4 Å². The molecule has 59 heavy (non-hydrogen) atoms. The number of fused-ring (bicyclic) bond motifs is 3. The quantitative estimate of drug-likeness (QED) is 0.0401. The maximum absolute atomic E-state index is 14.0. The molecule has 3 N–H and O–H groups in total. The Bertz CT molecular complexity index is 1770. The van der Waals surface area contributed by atoms with Gasteiger partial charge in [-0.3, -0.25) is 33.7 Å². The molecule has 3 fully saturated rings. The van der Waals surface area contributed by atoms with E-state index in [1.165, 1.54) is 23.6 Å². The van der Waals surface area contributed by atoms with Crippen LogP contribution in [0.3, 0.4) is 0 Å². The van der Waals surface area contributed by atoms with E-state index in [1.807, 2.05) is 31.2 Å². The third-order valence-corrected chi connectivity index (χ3v) is 13.6. The Morgan fingerprint density at radius 1 is 1.07 bits per heavy atom. The molecule has 1 aromatic rings. The second-order valence-corrected chi connectivity index (χ2v) is 17.9. The number of hydrogen-bond donors (Lipinski definition) is 3. The normalized spacial score (nSPS) is 25.8. The zero-order chi connectivity index (χ0) is 42.5. The van der Waals surface area contributed by atoms with E-state index < -0.39 is 30.0 Å². The number of para-hydroxylation sites is 1. The van der Waals surface area contributed by atoms with E-state index in [1.54, 1.807) is 13.0 Å². The molecular formula is C46H62N2O10S. The summed E-state index contributed by atoms with van der Waals surface area (Å²) in [6.45, 7) is 5.83. The van der Waals surface area contributed by atoms with Crippen molar-refractivity contribution in [3.8, 4) is 17.6 Å². The van der Waals surface area contributed by atoms with Crippen LogP contribution in [-0.2, 0) is 39.9 Å². The maximum Gasteiger partial charge on any atom is 0.310 e. The van der Waals surface area contributed by atoms with Gasteiger partial charge in [-0.1, -0.05) is 63.0 Å². The summed E-state index contributed by atoms with van der Waals surface area (Å²) in [5, 5.41) is 22.9. The summed E-state index contributed by atoms with van der Waals surface area (Å²) in [7, 11) is 0. The van der Waals surface area contributed by atoms with Crippen molar-refractivity contribution in [1.82, 2.24) is 10.2 Å². The van der Waals surface area contributed by atoms with Crippen LogP contribution >= 0.6 is 11.8 Å². The topological polar surface area (TPSA) is 177 Å². The van der Waals surface area contributed by atoms with Crippen LogP contribution in [0.1, 0.15) is 128 Å². The first-order chi connectivity index (χ1) is 28.4. The van der Waals surface area contributed by atoms with Crippen molar-refractivity contribution >= 4 is 47.2 Å². The van der Waals surface area contributed by atoms with E-state index in [9.17, 15) is 39.0 Å². The molecule has 0 spiro atoms. The summed E-state index contributed by atoms with van der Waals surface area (Å²) in [6.07, 6.45) is 11.1. The highest BCUT2D eigenvalue weighted by Gasteiger charge is 2.52. The average Bonchev–Trinajstić information content (AvgIpc) is 3.83. The summed E-state index contributed by atoms with van der Waals surface area (Å²) in [5.41, 5.74) is 1.96.